The van der Waals surface area contributed by atoms with Gasteiger partial charge in [-0.3, -0.25) is 4.79 Å². The van der Waals surface area contributed by atoms with E-state index in [-0.39, 0.29) is 11.4 Å². The van der Waals surface area contributed by atoms with Gasteiger partial charge in [0.05, 0.1) is 13.5 Å². The number of ether oxygens (including phenoxy) is 1. The molecule has 0 bridgehead atoms. The first-order valence-corrected chi connectivity index (χ1v) is 8.03. The van der Waals surface area contributed by atoms with Crippen LogP contribution in [0.3, 0.4) is 0 Å². The van der Waals surface area contributed by atoms with Crippen molar-refractivity contribution in [2.24, 2.45) is 10.8 Å². The molecule has 0 aliphatic carbocycles. The molecular formula is C17H34O2. The average molecular weight is 270 g/mol. The van der Waals surface area contributed by atoms with E-state index in [2.05, 4.69) is 34.6 Å². The summed E-state index contributed by atoms with van der Waals surface area (Å²) in [5.74, 6) is -0.0567. The Morgan fingerprint density at radius 3 is 1.47 bits per heavy atom. The van der Waals surface area contributed by atoms with Gasteiger partial charge in [-0.1, -0.05) is 53.9 Å². The molecule has 0 spiro atoms. The molecule has 0 radical (unpaired) electrons. The van der Waals surface area contributed by atoms with Crippen LogP contribution >= 0.6 is 0 Å². The summed E-state index contributed by atoms with van der Waals surface area (Å²) in [6.45, 7) is 11.3. The second-order valence-corrected chi connectivity index (χ2v) is 6.02. The summed E-state index contributed by atoms with van der Waals surface area (Å²) in [7, 11) is 1.49. The summed E-state index contributed by atoms with van der Waals surface area (Å²) in [4.78, 5) is 11.7. The molecule has 0 N–H and O–H groups in total. The molecule has 0 unspecified atom stereocenters. The zero-order valence-corrected chi connectivity index (χ0v) is 14.0. The van der Waals surface area contributed by atoms with Gasteiger partial charge in [-0.25, -0.2) is 0 Å². The third kappa shape index (κ3) is 5.16. The molecule has 2 heteroatoms. The maximum Gasteiger partial charge on any atom is 0.306 e. The molecule has 0 aromatic rings. The highest BCUT2D eigenvalue weighted by Crippen LogP contribution is 2.43. The minimum atomic E-state index is -0.0567. The molecule has 114 valence electrons. The summed E-state index contributed by atoms with van der Waals surface area (Å²) in [5, 5.41) is 0. The average Bonchev–Trinajstić information content (AvgIpc) is 2.47. The highest BCUT2D eigenvalue weighted by molar-refractivity contribution is 5.70. The highest BCUT2D eigenvalue weighted by Gasteiger charge is 2.33. The molecule has 19 heavy (non-hydrogen) atoms. The van der Waals surface area contributed by atoms with E-state index in [0.717, 1.165) is 19.3 Å². The van der Waals surface area contributed by atoms with Gasteiger partial charge in [-0.15, -0.1) is 0 Å². The third-order valence-electron chi connectivity index (χ3n) is 5.68. The van der Waals surface area contributed by atoms with Crippen molar-refractivity contribution in [3.63, 3.8) is 0 Å². The maximum atomic E-state index is 11.7. The minimum absolute atomic E-state index is 0.0567. The van der Waals surface area contributed by atoms with Crippen LogP contribution in [0.1, 0.15) is 86.0 Å². The van der Waals surface area contributed by atoms with Gasteiger partial charge in [0, 0.05) is 0 Å². The second kappa shape index (κ2) is 8.60. The van der Waals surface area contributed by atoms with Gasteiger partial charge in [0.2, 0.25) is 0 Å². The zero-order valence-electron chi connectivity index (χ0n) is 14.0. The lowest BCUT2D eigenvalue weighted by molar-refractivity contribution is -0.143. The quantitative estimate of drug-likeness (QED) is 0.500. The van der Waals surface area contributed by atoms with E-state index < -0.39 is 0 Å². The summed E-state index contributed by atoms with van der Waals surface area (Å²) in [6.07, 6.45) is 8.78. The number of esters is 1. The van der Waals surface area contributed by atoms with Crippen LogP contribution in [0.25, 0.3) is 0 Å². The Bertz CT molecular complexity index is 242. The van der Waals surface area contributed by atoms with Gasteiger partial charge >= 0.3 is 5.97 Å². The summed E-state index contributed by atoms with van der Waals surface area (Å²) in [6, 6.07) is 0. The van der Waals surface area contributed by atoms with Crippen LogP contribution < -0.4 is 0 Å². The van der Waals surface area contributed by atoms with E-state index in [1.165, 1.54) is 32.8 Å². The molecule has 0 aliphatic rings. The Labute approximate surface area is 120 Å². The fourth-order valence-corrected chi connectivity index (χ4v) is 3.13. The number of methoxy groups -OCH3 is 1. The van der Waals surface area contributed by atoms with Crippen LogP contribution in [-0.2, 0) is 9.53 Å². The van der Waals surface area contributed by atoms with E-state index in [4.69, 9.17) is 4.74 Å². The second-order valence-electron chi connectivity index (χ2n) is 6.02. The molecule has 0 rings (SSSR count). The lowest BCUT2D eigenvalue weighted by Gasteiger charge is -2.37. The molecule has 0 saturated heterocycles. The third-order valence-corrected chi connectivity index (χ3v) is 5.68. The van der Waals surface area contributed by atoms with Crippen molar-refractivity contribution in [3.05, 3.63) is 0 Å². The van der Waals surface area contributed by atoms with Crippen molar-refractivity contribution in [3.8, 4) is 0 Å². The largest absolute Gasteiger partial charge is 0.469 e. The first-order chi connectivity index (χ1) is 8.96. The standard InChI is InChI=1S/C17H34O2/c1-7-16(8-2,9-3)12-13-17(10-4,11-5)14-15(18)19-6/h7-14H2,1-6H3. The monoisotopic (exact) mass is 270 g/mol. The molecule has 0 fully saturated rings. The topological polar surface area (TPSA) is 26.3 Å². The van der Waals surface area contributed by atoms with E-state index in [0.29, 0.717) is 11.8 Å². The molecule has 0 saturated carbocycles. The summed E-state index contributed by atoms with van der Waals surface area (Å²) < 4.78 is 4.88. The number of rotatable bonds is 10. The SMILES string of the molecule is CCC(CC)(CC)CCC(CC)(CC)CC(=O)OC. The van der Waals surface area contributed by atoms with Gasteiger partial charge in [0.1, 0.15) is 0 Å². The first kappa shape index (κ1) is 18.5. The Kier molecular flexibility index (Phi) is 8.36. The van der Waals surface area contributed by atoms with Gasteiger partial charge in [-0.05, 0) is 36.5 Å². The Morgan fingerprint density at radius 2 is 1.16 bits per heavy atom. The van der Waals surface area contributed by atoms with Crippen molar-refractivity contribution in [2.45, 2.75) is 86.0 Å². The van der Waals surface area contributed by atoms with Crippen molar-refractivity contribution < 1.29 is 9.53 Å². The predicted octanol–water partition coefficient (Wildman–Crippen LogP) is 5.35. The predicted molar refractivity (Wildman–Crippen MR) is 82.2 cm³/mol. The summed E-state index contributed by atoms with van der Waals surface area (Å²) >= 11 is 0. The van der Waals surface area contributed by atoms with E-state index >= 15 is 0 Å². The van der Waals surface area contributed by atoms with Crippen molar-refractivity contribution in [1.29, 1.82) is 0 Å². The molecular weight excluding hydrogens is 236 g/mol. The molecule has 0 aromatic heterocycles. The van der Waals surface area contributed by atoms with Crippen LogP contribution in [0.15, 0.2) is 0 Å². The Hall–Kier alpha value is -0.530. The first-order valence-electron chi connectivity index (χ1n) is 8.03. The Balaban J connectivity index is 4.79. The number of hydrogen-bond donors (Lipinski definition) is 0. The molecule has 0 aliphatic heterocycles. The van der Waals surface area contributed by atoms with E-state index in [9.17, 15) is 4.79 Å². The zero-order chi connectivity index (χ0) is 14.9. The van der Waals surface area contributed by atoms with Crippen LogP contribution in [0.4, 0.5) is 0 Å². The van der Waals surface area contributed by atoms with Crippen LogP contribution in [-0.4, -0.2) is 13.1 Å². The number of carbonyl (C=O) groups is 1. The van der Waals surface area contributed by atoms with Crippen LogP contribution in [0.5, 0.6) is 0 Å². The lowest BCUT2D eigenvalue weighted by Crippen LogP contribution is -2.28. The lowest BCUT2D eigenvalue weighted by atomic mass is 9.68. The van der Waals surface area contributed by atoms with E-state index in [1.807, 2.05) is 0 Å². The van der Waals surface area contributed by atoms with Crippen molar-refractivity contribution in [2.75, 3.05) is 7.11 Å². The van der Waals surface area contributed by atoms with Crippen molar-refractivity contribution in [1.82, 2.24) is 0 Å². The highest BCUT2D eigenvalue weighted by atomic mass is 16.5. The van der Waals surface area contributed by atoms with Gasteiger partial charge in [0.25, 0.3) is 0 Å². The van der Waals surface area contributed by atoms with Gasteiger partial charge in [0.15, 0.2) is 0 Å². The molecule has 0 heterocycles. The fraction of sp³-hybridized carbons (Fsp3) is 0.941. The number of hydrogen-bond acceptors (Lipinski definition) is 2. The van der Waals surface area contributed by atoms with Crippen molar-refractivity contribution >= 4 is 5.97 Å². The summed E-state index contributed by atoms with van der Waals surface area (Å²) in [5.41, 5.74) is 0.601. The van der Waals surface area contributed by atoms with Gasteiger partial charge < -0.3 is 4.74 Å². The van der Waals surface area contributed by atoms with E-state index in [1.54, 1.807) is 0 Å². The van der Waals surface area contributed by atoms with Crippen LogP contribution in [0.2, 0.25) is 0 Å². The Morgan fingerprint density at radius 1 is 0.789 bits per heavy atom. The maximum absolute atomic E-state index is 11.7. The molecule has 0 atom stereocenters. The fourth-order valence-electron chi connectivity index (χ4n) is 3.13. The molecule has 2 nitrogen and oxygen atoms in total. The smallest absolute Gasteiger partial charge is 0.306 e. The van der Waals surface area contributed by atoms with Crippen LogP contribution in [0, 0.1) is 10.8 Å². The normalized spacial score (nSPS) is 12.5. The van der Waals surface area contributed by atoms with Gasteiger partial charge in [-0.2, -0.15) is 0 Å². The molecule has 0 aromatic carbocycles. The minimum Gasteiger partial charge on any atom is -0.469 e. The number of carbonyl (C=O) groups excluding carboxylic acids is 1. The molecule has 0 amide bonds.